The molecule has 88 valence electrons. The summed E-state index contributed by atoms with van der Waals surface area (Å²) in [5.74, 6) is 0.206. The first-order valence-corrected chi connectivity index (χ1v) is 6.42. The molecule has 16 heavy (non-hydrogen) atoms. The maximum atomic E-state index is 11.6. The normalized spacial score (nSPS) is 9.88. The van der Waals surface area contributed by atoms with Crippen LogP contribution >= 0.6 is 22.6 Å². The lowest BCUT2D eigenvalue weighted by Gasteiger charge is -2.07. The molecule has 0 aliphatic carbocycles. The van der Waals surface area contributed by atoms with Gasteiger partial charge in [-0.25, -0.2) is 0 Å². The number of rotatable bonds is 5. The zero-order valence-corrected chi connectivity index (χ0v) is 11.2. The second-order valence-corrected chi connectivity index (χ2v) is 4.26. The Morgan fingerprint density at radius 1 is 1.56 bits per heavy atom. The molecule has 0 radical (unpaired) electrons. The summed E-state index contributed by atoms with van der Waals surface area (Å²) in [6.45, 7) is 0.618. The molecule has 1 amide bonds. The lowest BCUT2D eigenvalue weighted by atomic mass is 10.2. The summed E-state index contributed by atoms with van der Waals surface area (Å²) in [5, 5.41) is 12.3. The van der Waals surface area contributed by atoms with E-state index < -0.39 is 0 Å². The second-order valence-electron chi connectivity index (χ2n) is 3.18. The summed E-state index contributed by atoms with van der Waals surface area (Å²) < 4.78 is 5.93. The van der Waals surface area contributed by atoms with Crippen LogP contribution in [0.25, 0.3) is 0 Å². The maximum Gasteiger partial charge on any atom is 0.255 e. The number of amides is 1. The van der Waals surface area contributed by atoms with E-state index in [9.17, 15) is 9.90 Å². The Labute approximate surface area is 108 Å². The van der Waals surface area contributed by atoms with Crippen LogP contribution in [0.4, 0.5) is 0 Å². The fourth-order valence-electron chi connectivity index (χ4n) is 1.19. The van der Waals surface area contributed by atoms with Gasteiger partial charge >= 0.3 is 0 Å². The molecular weight excluding hydrogens is 321 g/mol. The van der Waals surface area contributed by atoms with Crippen LogP contribution in [0.5, 0.6) is 11.5 Å². The first-order chi connectivity index (χ1) is 7.69. The molecule has 4 nitrogen and oxygen atoms in total. The van der Waals surface area contributed by atoms with Gasteiger partial charge < -0.3 is 15.2 Å². The first kappa shape index (κ1) is 13.1. The zero-order chi connectivity index (χ0) is 12.0. The number of phenols is 1. The van der Waals surface area contributed by atoms with E-state index >= 15 is 0 Å². The number of methoxy groups -OCH3 is 1. The van der Waals surface area contributed by atoms with E-state index in [1.807, 2.05) is 0 Å². The van der Waals surface area contributed by atoms with Crippen molar-refractivity contribution in [2.24, 2.45) is 0 Å². The van der Waals surface area contributed by atoms with E-state index in [1.165, 1.54) is 13.2 Å². The predicted molar refractivity (Wildman–Crippen MR) is 70.5 cm³/mol. The van der Waals surface area contributed by atoms with Crippen molar-refractivity contribution in [2.45, 2.75) is 6.42 Å². The Hall–Kier alpha value is -0.980. The van der Waals surface area contributed by atoms with Crippen molar-refractivity contribution in [1.82, 2.24) is 5.32 Å². The number of carbonyl (C=O) groups is 1. The standard InChI is InChI=1S/C11H14INO3/c1-16-8-3-4-9(10(14)7-8)11(15)13-6-2-5-12/h3-4,7,14H,2,5-6H2,1H3,(H,13,15). The number of alkyl halides is 1. The minimum absolute atomic E-state index is 0.0636. The number of halogens is 1. The molecule has 0 saturated carbocycles. The van der Waals surface area contributed by atoms with Gasteiger partial charge in [0.2, 0.25) is 0 Å². The van der Waals surface area contributed by atoms with Crippen molar-refractivity contribution in [3.05, 3.63) is 23.8 Å². The lowest BCUT2D eigenvalue weighted by molar-refractivity contribution is 0.0951. The third-order valence-electron chi connectivity index (χ3n) is 2.05. The molecule has 0 heterocycles. The van der Waals surface area contributed by atoms with Gasteiger partial charge in [0.1, 0.15) is 11.5 Å². The number of carbonyl (C=O) groups excluding carboxylic acids is 1. The molecule has 5 heteroatoms. The van der Waals surface area contributed by atoms with E-state index in [1.54, 1.807) is 12.1 Å². The monoisotopic (exact) mass is 335 g/mol. The smallest absolute Gasteiger partial charge is 0.255 e. The first-order valence-electron chi connectivity index (χ1n) is 4.90. The predicted octanol–water partition coefficient (Wildman–Crippen LogP) is 1.96. The van der Waals surface area contributed by atoms with Crippen molar-refractivity contribution in [2.75, 3.05) is 18.1 Å². The number of phenolic OH excluding ortho intramolecular Hbond substituents is 1. The van der Waals surface area contributed by atoms with Crippen LogP contribution in [-0.2, 0) is 0 Å². The highest BCUT2D eigenvalue weighted by Crippen LogP contribution is 2.23. The number of hydrogen-bond acceptors (Lipinski definition) is 3. The molecule has 0 saturated heterocycles. The molecule has 0 unspecified atom stereocenters. The minimum atomic E-state index is -0.259. The summed E-state index contributed by atoms with van der Waals surface area (Å²) in [4.78, 5) is 11.6. The van der Waals surface area contributed by atoms with Crippen LogP contribution < -0.4 is 10.1 Å². The van der Waals surface area contributed by atoms with Gasteiger partial charge in [-0.2, -0.15) is 0 Å². The molecular formula is C11H14INO3. The topological polar surface area (TPSA) is 58.6 Å². The average molecular weight is 335 g/mol. The van der Waals surface area contributed by atoms with Gasteiger partial charge in [0, 0.05) is 17.0 Å². The van der Waals surface area contributed by atoms with Crippen molar-refractivity contribution in [1.29, 1.82) is 0 Å². The van der Waals surface area contributed by atoms with Crippen molar-refractivity contribution in [3.63, 3.8) is 0 Å². The zero-order valence-electron chi connectivity index (χ0n) is 9.00. The fourth-order valence-corrected chi connectivity index (χ4v) is 1.58. The molecule has 1 aromatic carbocycles. The van der Waals surface area contributed by atoms with E-state index in [0.29, 0.717) is 12.3 Å². The summed E-state index contributed by atoms with van der Waals surface area (Å²) in [5.41, 5.74) is 0.272. The second kappa shape index (κ2) is 6.57. The maximum absolute atomic E-state index is 11.6. The van der Waals surface area contributed by atoms with Gasteiger partial charge in [-0.15, -0.1) is 0 Å². The van der Waals surface area contributed by atoms with Gasteiger partial charge in [-0.1, -0.05) is 22.6 Å². The molecule has 0 aliphatic rings. The number of benzene rings is 1. The lowest BCUT2D eigenvalue weighted by Crippen LogP contribution is -2.24. The van der Waals surface area contributed by atoms with Gasteiger partial charge in [-0.3, -0.25) is 4.79 Å². The molecule has 0 atom stereocenters. The molecule has 1 aromatic rings. The molecule has 0 aliphatic heterocycles. The van der Waals surface area contributed by atoms with Crippen LogP contribution in [0.2, 0.25) is 0 Å². The Morgan fingerprint density at radius 2 is 2.31 bits per heavy atom. The molecule has 1 rings (SSSR count). The number of hydrogen-bond donors (Lipinski definition) is 2. The fraction of sp³-hybridized carbons (Fsp3) is 0.364. The van der Waals surface area contributed by atoms with Crippen LogP contribution in [0.1, 0.15) is 16.8 Å². The Bertz CT molecular complexity index is 368. The highest BCUT2D eigenvalue weighted by Gasteiger charge is 2.10. The highest BCUT2D eigenvalue weighted by atomic mass is 127. The van der Waals surface area contributed by atoms with E-state index in [2.05, 4.69) is 27.9 Å². The Kier molecular flexibility index (Phi) is 5.37. The SMILES string of the molecule is COc1ccc(C(=O)NCCCI)c(O)c1. The van der Waals surface area contributed by atoms with E-state index in [-0.39, 0.29) is 17.2 Å². The van der Waals surface area contributed by atoms with Gasteiger partial charge in [-0.05, 0) is 18.6 Å². The van der Waals surface area contributed by atoms with Crippen LogP contribution in [0.15, 0.2) is 18.2 Å². The summed E-state index contributed by atoms with van der Waals surface area (Å²) in [6, 6.07) is 4.62. The molecule has 0 aromatic heterocycles. The summed E-state index contributed by atoms with van der Waals surface area (Å²) in [6.07, 6.45) is 0.920. The molecule has 0 spiro atoms. The van der Waals surface area contributed by atoms with Crippen LogP contribution in [0, 0.1) is 0 Å². The van der Waals surface area contributed by atoms with E-state index in [4.69, 9.17) is 4.74 Å². The Balaban J connectivity index is 2.68. The molecule has 0 fully saturated rings. The Morgan fingerprint density at radius 3 is 2.88 bits per heavy atom. The van der Waals surface area contributed by atoms with Crippen molar-refractivity contribution < 1.29 is 14.6 Å². The third-order valence-corrected chi connectivity index (χ3v) is 2.81. The minimum Gasteiger partial charge on any atom is -0.507 e. The number of nitrogens with one attached hydrogen (secondary N) is 1. The van der Waals surface area contributed by atoms with Crippen molar-refractivity contribution >= 4 is 28.5 Å². The van der Waals surface area contributed by atoms with Crippen LogP contribution in [-0.4, -0.2) is 29.1 Å². The summed E-state index contributed by atoms with van der Waals surface area (Å²) in [7, 11) is 1.51. The summed E-state index contributed by atoms with van der Waals surface area (Å²) >= 11 is 2.25. The number of aromatic hydroxyl groups is 1. The number of ether oxygens (including phenoxy) is 1. The third kappa shape index (κ3) is 3.55. The van der Waals surface area contributed by atoms with Crippen molar-refractivity contribution in [3.8, 4) is 11.5 Å². The quantitative estimate of drug-likeness (QED) is 0.491. The molecule has 0 bridgehead atoms. The van der Waals surface area contributed by atoms with Gasteiger partial charge in [0.15, 0.2) is 0 Å². The molecule has 2 N–H and O–H groups in total. The largest absolute Gasteiger partial charge is 0.507 e. The van der Waals surface area contributed by atoms with E-state index in [0.717, 1.165) is 10.8 Å². The highest BCUT2D eigenvalue weighted by molar-refractivity contribution is 14.1. The van der Waals surface area contributed by atoms with Crippen LogP contribution in [0.3, 0.4) is 0 Å². The van der Waals surface area contributed by atoms with Gasteiger partial charge in [0.05, 0.1) is 12.7 Å². The average Bonchev–Trinajstić information content (AvgIpc) is 2.29. The van der Waals surface area contributed by atoms with Gasteiger partial charge in [0.25, 0.3) is 5.91 Å².